The van der Waals surface area contributed by atoms with Crippen molar-refractivity contribution < 1.29 is 9.90 Å². The van der Waals surface area contributed by atoms with Crippen molar-refractivity contribution in [1.82, 2.24) is 5.32 Å². The lowest BCUT2D eigenvalue weighted by Gasteiger charge is -2.26. The molecule has 4 N–H and O–H groups in total. The molecular weight excluding hydrogens is 204 g/mol. The Morgan fingerprint density at radius 2 is 1.88 bits per heavy atom. The van der Waals surface area contributed by atoms with E-state index in [9.17, 15) is 4.79 Å². The summed E-state index contributed by atoms with van der Waals surface area (Å²) >= 11 is 0. The fraction of sp³-hybridized carbons (Fsp3) is 0.917. The van der Waals surface area contributed by atoms with Crippen molar-refractivity contribution in [3.63, 3.8) is 0 Å². The van der Waals surface area contributed by atoms with Gasteiger partial charge >= 0.3 is 0 Å². The molecule has 4 heteroatoms. The highest BCUT2D eigenvalue weighted by Gasteiger charge is 2.20. The van der Waals surface area contributed by atoms with Gasteiger partial charge in [0.15, 0.2) is 0 Å². The summed E-state index contributed by atoms with van der Waals surface area (Å²) in [6, 6.07) is 0. The van der Waals surface area contributed by atoms with E-state index in [4.69, 9.17) is 10.8 Å². The molecule has 0 unspecified atom stereocenters. The Labute approximate surface area is 98.6 Å². The summed E-state index contributed by atoms with van der Waals surface area (Å²) in [4.78, 5) is 11.5. The molecule has 0 aliphatic rings. The third kappa shape index (κ3) is 8.68. The minimum Gasteiger partial charge on any atom is -0.396 e. The zero-order chi connectivity index (χ0) is 12.8. The van der Waals surface area contributed by atoms with Crippen LogP contribution in [0.4, 0.5) is 0 Å². The fourth-order valence-corrected chi connectivity index (χ4v) is 1.46. The highest BCUT2D eigenvalue weighted by Crippen LogP contribution is 2.20. The molecule has 0 spiro atoms. The Morgan fingerprint density at radius 3 is 2.31 bits per heavy atom. The van der Waals surface area contributed by atoms with Gasteiger partial charge in [0, 0.05) is 25.1 Å². The first-order valence-electron chi connectivity index (χ1n) is 5.83. The van der Waals surface area contributed by atoms with Crippen molar-refractivity contribution in [1.29, 1.82) is 0 Å². The van der Waals surface area contributed by atoms with Gasteiger partial charge < -0.3 is 16.2 Å². The molecule has 0 rings (SSSR count). The third-order valence-corrected chi connectivity index (χ3v) is 2.39. The second-order valence-corrected chi connectivity index (χ2v) is 5.93. The minimum absolute atomic E-state index is 0.00965. The number of rotatable bonds is 7. The maximum Gasteiger partial charge on any atom is 0.221 e. The number of aliphatic hydroxyl groups is 1. The van der Waals surface area contributed by atoms with Crippen molar-refractivity contribution in [3.05, 3.63) is 0 Å². The van der Waals surface area contributed by atoms with Crippen LogP contribution in [-0.4, -0.2) is 29.7 Å². The van der Waals surface area contributed by atoms with Gasteiger partial charge in [0.1, 0.15) is 0 Å². The number of amides is 1. The summed E-state index contributed by atoms with van der Waals surface area (Å²) in [5.41, 5.74) is 5.33. The summed E-state index contributed by atoms with van der Waals surface area (Å²) in [6.45, 7) is 8.66. The van der Waals surface area contributed by atoms with Crippen LogP contribution in [0.3, 0.4) is 0 Å². The van der Waals surface area contributed by atoms with Crippen molar-refractivity contribution in [2.75, 3.05) is 13.2 Å². The van der Waals surface area contributed by atoms with Crippen molar-refractivity contribution >= 4 is 5.91 Å². The standard InChI is InChI=1S/C12H26N2O2/c1-11(2,6-5-7-15)9-14-10(16)8-12(3,4)13/h15H,5-9,13H2,1-4H3,(H,14,16). The molecule has 0 heterocycles. The first kappa shape index (κ1) is 15.4. The molecule has 0 atom stereocenters. The van der Waals surface area contributed by atoms with E-state index >= 15 is 0 Å². The SMILES string of the molecule is CC(C)(N)CC(=O)NCC(C)(C)CCCO. The first-order valence-corrected chi connectivity index (χ1v) is 5.83. The van der Waals surface area contributed by atoms with Crippen LogP contribution in [0.15, 0.2) is 0 Å². The van der Waals surface area contributed by atoms with E-state index in [2.05, 4.69) is 19.2 Å². The van der Waals surface area contributed by atoms with Gasteiger partial charge in [-0.3, -0.25) is 4.79 Å². The number of aliphatic hydroxyl groups excluding tert-OH is 1. The molecule has 0 aromatic carbocycles. The van der Waals surface area contributed by atoms with E-state index in [1.54, 1.807) is 0 Å². The van der Waals surface area contributed by atoms with E-state index in [1.165, 1.54) is 0 Å². The molecule has 0 radical (unpaired) electrons. The molecular formula is C12H26N2O2. The highest BCUT2D eigenvalue weighted by atomic mass is 16.2. The van der Waals surface area contributed by atoms with Crippen LogP contribution in [0.1, 0.15) is 47.0 Å². The molecule has 0 bridgehead atoms. The van der Waals surface area contributed by atoms with Crippen LogP contribution in [0, 0.1) is 5.41 Å². The number of carbonyl (C=O) groups excluding carboxylic acids is 1. The second kappa shape index (κ2) is 6.21. The molecule has 0 aliphatic carbocycles. The minimum atomic E-state index is -0.459. The monoisotopic (exact) mass is 230 g/mol. The summed E-state index contributed by atoms with van der Waals surface area (Å²) in [7, 11) is 0. The maximum atomic E-state index is 11.5. The Balaban J connectivity index is 3.90. The Hall–Kier alpha value is -0.610. The highest BCUT2D eigenvalue weighted by molar-refractivity contribution is 5.77. The average Bonchev–Trinajstić information content (AvgIpc) is 2.09. The van der Waals surface area contributed by atoms with Crippen molar-refractivity contribution in [3.8, 4) is 0 Å². The molecule has 0 saturated carbocycles. The molecule has 96 valence electrons. The zero-order valence-corrected chi connectivity index (χ0v) is 11.0. The van der Waals surface area contributed by atoms with Crippen molar-refractivity contribution in [2.45, 2.75) is 52.5 Å². The number of carbonyl (C=O) groups is 1. The van der Waals surface area contributed by atoms with Gasteiger partial charge in [-0.25, -0.2) is 0 Å². The Bertz CT molecular complexity index is 220. The quantitative estimate of drug-likeness (QED) is 0.611. The van der Waals surface area contributed by atoms with Gasteiger partial charge in [0.25, 0.3) is 0 Å². The number of nitrogens with one attached hydrogen (secondary N) is 1. The molecule has 16 heavy (non-hydrogen) atoms. The predicted octanol–water partition coefficient (Wildman–Crippen LogP) is 1.03. The summed E-state index contributed by atoms with van der Waals surface area (Å²) in [5, 5.41) is 11.6. The summed E-state index contributed by atoms with van der Waals surface area (Å²) in [5.74, 6) is -0.00965. The molecule has 0 aliphatic heterocycles. The molecule has 4 nitrogen and oxygen atoms in total. The predicted molar refractivity (Wildman–Crippen MR) is 66.0 cm³/mol. The largest absolute Gasteiger partial charge is 0.396 e. The van der Waals surface area contributed by atoms with E-state index < -0.39 is 5.54 Å². The van der Waals surface area contributed by atoms with Crippen LogP contribution in [0.25, 0.3) is 0 Å². The van der Waals surface area contributed by atoms with E-state index in [1.807, 2.05) is 13.8 Å². The van der Waals surface area contributed by atoms with Crippen molar-refractivity contribution in [2.24, 2.45) is 11.1 Å². The lowest BCUT2D eigenvalue weighted by atomic mass is 9.87. The van der Waals surface area contributed by atoms with E-state index in [0.717, 1.165) is 12.8 Å². The zero-order valence-electron chi connectivity index (χ0n) is 11.0. The van der Waals surface area contributed by atoms with Gasteiger partial charge in [0.05, 0.1) is 0 Å². The number of hydrogen-bond acceptors (Lipinski definition) is 3. The van der Waals surface area contributed by atoms with E-state index in [-0.39, 0.29) is 17.9 Å². The van der Waals surface area contributed by atoms with Crippen LogP contribution in [-0.2, 0) is 4.79 Å². The van der Waals surface area contributed by atoms with Gasteiger partial charge in [-0.1, -0.05) is 13.8 Å². The van der Waals surface area contributed by atoms with Gasteiger partial charge in [-0.2, -0.15) is 0 Å². The van der Waals surface area contributed by atoms with Gasteiger partial charge in [0.2, 0.25) is 5.91 Å². The Kier molecular flexibility index (Phi) is 5.97. The second-order valence-electron chi connectivity index (χ2n) is 5.93. The maximum absolute atomic E-state index is 11.5. The van der Waals surface area contributed by atoms with Gasteiger partial charge in [-0.05, 0) is 32.1 Å². The fourth-order valence-electron chi connectivity index (χ4n) is 1.46. The molecule has 0 aromatic heterocycles. The van der Waals surface area contributed by atoms with E-state index in [0.29, 0.717) is 13.0 Å². The third-order valence-electron chi connectivity index (χ3n) is 2.39. The van der Waals surface area contributed by atoms with Crippen LogP contribution >= 0.6 is 0 Å². The number of nitrogens with two attached hydrogens (primary N) is 1. The lowest BCUT2D eigenvalue weighted by molar-refractivity contribution is -0.122. The number of hydrogen-bond donors (Lipinski definition) is 3. The molecule has 1 amide bonds. The average molecular weight is 230 g/mol. The van der Waals surface area contributed by atoms with Crippen LogP contribution in [0.5, 0.6) is 0 Å². The topological polar surface area (TPSA) is 75.4 Å². The smallest absolute Gasteiger partial charge is 0.221 e. The molecule has 0 aromatic rings. The Morgan fingerprint density at radius 1 is 1.31 bits per heavy atom. The molecule has 0 saturated heterocycles. The normalized spacial score (nSPS) is 12.6. The summed E-state index contributed by atoms with van der Waals surface area (Å²) in [6.07, 6.45) is 2.00. The molecule has 0 fully saturated rings. The summed E-state index contributed by atoms with van der Waals surface area (Å²) < 4.78 is 0. The van der Waals surface area contributed by atoms with Crippen LogP contribution < -0.4 is 11.1 Å². The lowest BCUT2D eigenvalue weighted by Crippen LogP contribution is -2.41. The van der Waals surface area contributed by atoms with Crippen LogP contribution in [0.2, 0.25) is 0 Å². The van der Waals surface area contributed by atoms with Gasteiger partial charge in [-0.15, -0.1) is 0 Å². The first-order chi connectivity index (χ1) is 7.16.